The molecule has 19 heavy (non-hydrogen) atoms. The summed E-state index contributed by atoms with van der Waals surface area (Å²) in [5.74, 6) is -9.76. The summed E-state index contributed by atoms with van der Waals surface area (Å²) in [5.41, 5.74) is 0. The van der Waals surface area contributed by atoms with Crippen molar-refractivity contribution in [3.05, 3.63) is 52.0 Å². The van der Waals surface area contributed by atoms with Crippen molar-refractivity contribution in [2.45, 2.75) is 0 Å². The van der Waals surface area contributed by atoms with Crippen LogP contribution in [0.1, 0.15) is 0 Å². The van der Waals surface area contributed by atoms with E-state index < -0.39 is 35.1 Å². The van der Waals surface area contributed by atoms with Crippen molar-refractivity contribution in [2.75, 3.05) is 0 Å². The number of nitrogens with zero attached hydrogens (tertiary/aromatic N) is 1. The summed E-state index contributed by atoms with van der Waals surface area (Å²) in [4.78, 5) is 2.36. The van der Waals surface area contributed by atoms with Crippen molar-refractivity contribution in [1.82, 2.24) is 4.98 Å². The fourth-order valence-corrected chi connectivity index (χ4v) is 1.71. The van der Waals surface area contributed by atoms with Crippen LogP contribution in [0.2, 0.25) is 0 Å². The maximum Gasteiger partial charge on any atom is 0.255 e. The topological polar surface area (TPSA) is 22.1 Å². The molecule has 0 bridgehead atoms. The van der Waals surface area contributed by atoms with Gasteiger partial charge in [0.15, 0.2) is 0 Å². The Morgan fingerprint density at radius 3 is 2.00 bits per heavy atom. The molecule has 8 heteroatoms. The molecule has 1 heterocycles. The number of pyridine rings is 1. The lowest BCUT2D eigenvalue weighted by Crippen LogP contribution is -2.03. The van der Waals surface area contributed by atoms with E-state index in [1.165, 1.54) is 0 Å². The largest absolute Gasteiger partial charge is 0.451 e. The van der Waals surface area contributed by atoms with Gasteiger partial charge >= 0.3 is 0 Å². The quantitative estimate of drug-likeness (QED) is 0.600. The molecule has 0 saturated heterocycles. The summed E-state index contributed by atoms with van der Waals surface area (Å²) in [6.45, 7) is 0. The second kappa shape index (κ2) is 5.12. The molecule has 0 aliphatic rings. The number of benzene rings is 1. The maximum absolute atomic E-state index is 13.3. The van der Waals surface area contributed by atoms with E-state index in [0.29, 0.717) is 0 Å². The molecule has 0 aliphatic carbocycles. The normalized spacial score (nSPS) is 10.6. The molecule has 0 N–H and O–H groups in total. The van der Waals surface area contributed by atoms with Crippen molar-refractivity contribution < 1.29 is 26.7 Å². The summed E-state index contributed by atoms with van der Waals surface area (Å²) in [6, 6.07) is 3.02. The van der Waals surface area contributed by atoms with E-state index in [1.54, 1.807) is 0 Å². The van der Waals surface area contributed by atoms with Crippen molar-refractivity contribution in [2.24, 2.45) is 0 Å². The van der Waals surface area contributed by atoms with E-state index >= 15 is 0 Å². The van der Waals surface area contributed by atoms with E-state index in [4.69, 9.17) is 0 Å². The van der Waals surface area contributed by atoms with Crippen LogP contribution in [0.5, 0.6) is 11.5 Å². The van der Waals surface area contributed by atoms with Gasteiger partial charge in [0.2, 0.25) is 17.4 Å². The Hall–Kier alpha value is -1.70. The van der Waals surface area contributed by atoms with Gasteiger partial charge in [-0.2, -0.15) is 22.5 Å². The molecular formula is C11H3BrF5NO. The number of halogens is 6. The highest BCUT2D eigenvalue weighted by atomic mass is 79.9. The van der Waals surface area contributed by atoms with Crippen molar-refractivity contribution in [1.29, 1.82) is 0 Å². The van der Waals surface area contributed by atoms with Gasteiger partial charge in [-0.1, -0.05) is 15.9 Å². The molecule has 2 aromatic rings. The second-order valence-electron chi connectivity index (χ2n) is 3.36. The molecule has 0 amide bonds. The zero-order chi connectivity index (χ0) is 14.2. The molecule has 0 atom stereocenters. The summed E-state index contributed by atoms with van der Waals surface area (Å²) in [5, 5.41) is 0. The Balaban J connectivity index is 2.49. The molecule has 2 nitrogen and oxygen atoms in total. The van der Waals surface area contributed by atoms with Crippen LogP contribution in [-0.2, 0) is 0 Å². The molecule has 100 valence electrons. The fraction of sp³-hybridized carbons (Fsp3) is 0. The van der Waals surface area contributed by atoms with E-state index in [2.05, 4.69) is 25.7 Å². The lowest BCUT2D eigenvalue weighted by molar-refractivity contribution is 0.342. The molecule has 0 unspecified atom stereocenters. The minimum atomic E-state index is -1.86. The molecule has 0 fully saturated rings. The van der Waals surface area contributed by atoms with E-state index in [1.807, 2.05) is 0 Å². The Morgan fingerprint density at radius 1 is 0.895 bits per heavy atom. The third-order valence-corrected chi connectivity index (χ3v) is 2.47. The third kappa shape index (κ3) is 2.83. The van der Waals surface area contributed by atoms with Gasteiger partial charge in [0, 0.05) is 10.5 Å². The van der Waals surface area contributed by atoms with Crippen LogP contribution in [0.15, 0.2) is 22.7 Å². The SMILES string of the molecule is Fc1cc(Br)cc(Oc2c(F)c(F)nc(F)c2F)c1. The first-order valence-electron chi connectivity index (χ1n) is 4.72. The van der Waals surface area contributed by atoms with Gasteiger partial charge in [0.25, 0.3) is 11.9 Å². The highest BCUT2D eigenvalue weighted by Crippen LogP contribution is 2.31. The van der Waals surface area contributed by atoms with Gasteiger partial charge in [-0.3, -0.25) is 0 Å². The van der Waals surface area contributed by atoms with Crippen molar-refractivity contribution >= 4 is 15.9 Å². The van der Waals surface area contributed by atoms with Crippen LogP contribution in [0.4, 0.5) is 22.0 Å². The lowest BCUT2D eigenvalue weighted by Gasteiger charge is -2.08. The molecular weight excluding hydrogens is 337 g/mol. The Labute approximate surface area is 112 Å². The highest BCUT2D eigenvalue weighted by Gasteiger charge is 2.23. The first-order chi connectivity index (χ1) is 8.88. The smallest absolute Gasteiger partial charge is 0.255 e. The van der Waals surface area contributed by atoms with Crippen LogP contribution in [0.3, 0.4) is 0 Å². The van der Waals surface area contributed by atoms with Gasteiger partial charge in [-0.15, -0.1) is 0 Å². The molecule has 1 aromatic heterocycles. The van der Waals surface area contributed by atoms with Crippen LogP contribution < -0.4 is 4.74 Å². The Bertz CT molecular complexity index is 603. The lowest BCUT2D eigenvalue weighted by atomic mass is 10.3. The highest BCUT2D eigenvalue weighted by molar-refractivity contribution is 9.10. The van der Waals surface area contributed by atoms with E-state index in [0.717, 1.165) is 18.2 Å². The predicted molar refractivity (Wildman–Crippen MR) is 58.2 cm³/mol. The number of aromatic nitrogens is 1. The summed E-state index contributed by atoms with van der Waals surface area (Å²) in [6.07, 6.45) is 0. The molecule has 0 aliphatic heterocycles. The average Bonchev–Trinajstić information content (AvgIpc) is 2.31. The van der Waals surface area contributed by atoms with Gasteiger partial charge < -0.3 is 4.74 Å². The number of hydrogen-bond acceptors (Lipinski definition) is 2. The number of rotatable bonds is 2. The number of hydrogen-bond donors (Lipinski definition) is 0. The minimum absolute atomic E-state index is 0.221. The Morgan fingerprint density at radius 2 is 1.47 bits per heavy atom. The summed E-state index contributed by atoms with van der Waals surface area (Å²) >= 11 is 2.92. The van der Waals surface area contributed by atoms with Gasteiger partial charge in [-0.25, -0.2) is 4.39 Å². The van der Waals surface area contributed by atoms with Gasteiger partial charge in [-0.05, 0) is 12.1 Å². The summed E-state index contributed by atoms with van der Waals surface area (Å²) < 4.78 is 70.0. The molecule has 2 rings (SSSR count). The molecule has 1 aromatic carbocycles. The van der Waals surface area contributed by atoms with Crippen LogP contribution in [-0.4, -0.2) is 4.98 Å². The van der Waals surface area contributed by atoms with Crippen LogP contribution >= 0.6 is 15.9 Å². The third-order valence-electron chi connectivity index (χ3n) is 2.01. The molecule has 0 radical (unpaired) electrons. The van der Waals surface area contributed by atoms with Crippen molar-refractivity contribution in [3.63, 3.8) is 0 Å². The number of ether oxygens (including phenoxy) is 1. The fourth-order valence-electron chi connectivity index (χ4n) is 1.26. The second-order valence-corrected chi connectivity index (χ2v) is 4.27. The van der Waals surface area contributed by atoms with Crippen LogP contribution in [0, 0.1) is 29.3 Å². The first kappa shape index (κ1) is 13.7. The predicted octanol–water partition coefficient (Wildman–Crippen LogP) is 4.33. The van der Waals surface area contributed by atoms with Gasteiger partial charge in [0.05, 0.1) is 0 Å². The average molecular weight is 340 g/mol. The molecule has 0 spiro atoms. The van der Waals surface area contributed by atoms with E-state index in [9.17, 15) is 22.0 Å². The zero-order valence-corrected chi connectivity index (χ0v) is 10.4. The zero-order valence-electron chi connectivity index (χ0n) is 8.86. The molecule has 0 saturated carbocycles. The van der Waals surface area contributed by atoms with Gasteiger partial charge in [0.1, 0.15) is 11.6 Å². The van der Waals surface area contributed by atoms with Crippen molar-refractivity contribution in [3.8, 4) is 11.5 Å². The van der Waals surface area contributed by atoms with Crippen LogP contribution in [0.25, 0.3) is 0 Å². The Kier molecular flexibility index (Phi) is 3.70. The monoisotopic (exact) mass is 339 g/mol. The first-order valence-corrected chi connectivity index (χ1v) is 5.51. The maximum atomic E-state index is 13.3. The minimum Gasteiger partial charge on any atom is -0.451 e. The summed E-state index contributed by atoms with van der Waals surface area (Å²) in [7, 11) is 0. The standard InChI is InChI=1S/C11H3BrF5NO/c12-4-1-5(13)3-6(2-4)19-9-7(14)10(16)18-11(17)8(9)15/h1-3H. The van der Waals surface area contributed by atoms with E-state index in [-0.39, 0.29) is 10.2 Å².